The lowest BCUT2D eigenvalue weighted by Gasteiger charge is -2.20. The Morgan fingerprint density at radius 1 is 1.36 bits per heavy atom. The lowest BCUT2D eigenvalue weighted by molar-refractivity contribution is 0.0688. The van der Waals surface area contributed by atoms with Crippen LogP contribution < -0.4 is 4.74 Å². The number of methoxy groups -OCH3 is 1. The van der Waals surface area contributed by atoms with Crippen LogP contribution in [0.2, 0.25) is 0 Å². The molecule has 1 N–H and O–H groups in total. The van der Waals surface area contributed by atoms with E-state index in [1.807, 2.05) is 12.1 Å². The van der Waals surface area contributed by atoms with Gasteiger partial charge in [0.1, 0.15) is 12.1 Å². The maximum Gasteiger partial charge on any atom is 0.356 e. The van der Waals surface area contributed by atoms with Gasteiger partial charge in [-0.2, -0.15) is 5.10 Å². The Hall–Kier alpha value is -2.74. The number of halogens is 1. The average molecular weight is 401 g/mol. The third-order valence-electron chi connectivity index (χ3n) is 4.25. The molecule has 0 fully saturated rings. The second kappa shape index (κ2) is 5.96. The molecule has 0 spiro atoms. The molecule has 1 aliphatic rings. The van der Waals surface area contributed by atoms with E-state index in [0.29, 0.717) is 12.2 Å². The average Bonchev–Trinajstić information content (AvgIpc) is 3.02. The molecule has 25 heavy (non-hydrogen) atoms. The van der Waals surface area contributed by atoms with Crippen LogP contribution in [-0.2, 0) is 12.8 Å². The van der Waals surface area contributed by atoms with Crippen LogP contribution in [0.25, 0.3) is 17.1 Å². The van der Waals surface area contributed by atoms with Gasteiger partial charge in [-0.25, -0.2) is 19.4 Å². The number of nitrogens with zero attached hydrogens (tertiary/aromatic N) is 4. The zero-order chi connectivity index (χ0) is 17.6. The van der Waals surface area contributed by atoms with Crippen molar-refractivity contribution in [1.82, 2.24) is 19.7 Å². The Balaban J connectivity index is 2.02. The lowest BCUT2D eigenvalue weighted by Crippen LogP contribution is -2.09. The van der Waals surface area contributed by atoms with Gasteiger partial charge in [0, 0.05) is 23.4 Å². The normalized spacial score (nSPS) is 12.4. The van der Waals surface area contributed by atoms with Crippen molar-refractivity contribution in [3.63, 3.8) is 0 Å². The monoisotopic (exact) mass is 400 g/mol. The van der Waals surface area contributed by atoms with Crippen LogP contribution in [0, 0.1) is 0 Å². The van der Waals surface area contributed by atoms with Crippen molar-refractivity contribution in [3.8, 4) is 22.8 Å². The Morgan fingerprint density at radius 3 is 2.88 bits per heavy atom. The zero-order valence-corrected chi connectivity index (χ0v) is 14.8. The SMILES string of the molecule is COc1cc2c(cc1Br)-c1c(c(C(=O)O)nn1-c1ccncn1)CC2. The number of ether oxygens (including phenoxy) is 1. The second-order valence-corrected chi connectivity index (χ2v) is 6.46. The summed E-state index contributed by atoms with van der Waals surface area (Å²) in [6, 6.07) is 5.61. The highest BCUT2D eigenvalue weighted by Gasteiger charge is 2.30. The quantitative estimate of drug-likeness (QED) is 0.726. The number of aryl methyl sites for hydroxylation is 1. The number of rotatable bonds is 3. The molecule has 0 bridgehead atoms. The number of aromatic carboxylic acids is 1. The van der Waals surface area contributed by atoms with E-state index in [9.17, 15) is 9.90 Å². The number of carboxylic acid groups (broad SMARTS) is 1. The topological polar surface area (TPSA) is 90.1 Å². The summed E-state index contributed by atoms with van der Waals surface area (Å²) < 4.78 is 7.75. The lowest BCUT2D eigenvalue weighted by atomic mass is 9.88. The molecule has 2 aromatic heterocycles. The fourth-order valence-corrected chi connectivity index (χ4v) is 3.65. The molecule has 0 radical (unpaired) electrons. The van der Waals surface area contributed by atoms with E-state index in [-0.39, 0.29) is 5.69 Å². The smallest absolute Gasteiger partial charge is 0.356 e. The Labute approximate surface area is 151 Å². The summed E-state index contributed by atoms with van der Waals surface area (Å²) in [7, 11) is 1.62. The van der Waals surface area contributed by atoms with Gasteiger partial charge in [-0.05, 0) is 46.5 Å². The van der Waals surface area contributed by atoms with Crippen molar-refractivity contribution in [1.29, 1.82) is 0 Å². The summed E-state index contributed by atoms with van der Waals surface area (Å²) in [5.41, 5.74) is 3.54. The van der Waals surface area contributed by atoms with Crippen LogP contribution in [0.3, 0.4) is 0 Å². The molecule has 0 saturated heterocycles. The molecule has 3 aromatic rings. The van der Waals surface area contributed by atoms with Gasteiger partial charge in [-0.15, -0.1) is 0 Å². The number of benzene rings is 1. The first-order valence-corrected chi connectivity index (χ1v) is 8.37. The molecule has 4 rings (SSSR count). The van der Waals surface area contributed by atoms with Crippen LogP contribution in [0.5, 0.6) is 5.75 Å². The molecule has 126 valence electrons. The molecule has 0 aliphatic heterocycles. The maximum atomic E-state index is 11.7. The van der Waals surface area contributed by atoms with Crippen LogP contribution >= 0.6 is 15.9 Å². The number of carboxylic acids is 1. The molecule has 0 unspecified atom stereocenters. The highest BCUT2D eigenvalue weighted by atomic mass is 79.9. The largest absolute Gasteiger partial charge is 0.496 e. The summed E-state index contributed by atoms with van der Waals surface area (Å²) in [5.74, 6) is 0.229. The molecule has 0 amide bonds. The standard InChI is InChI=1S/C17H13BrN4O3/c1-25-13-6-9-2-3-10-15(17(23)24)21-22(14-4-5-19-8-20-14)16(10)11(9)7-12(13)18/h4-8H,2-3H2,1H3,(H,23,24). The fourth-order valence-electron chi connectivity index (χ4n) is 3.15. The minimum absolute atomic E-state index is 0.0613. The molecule has 0 saturated carbocycles. The van der Waals surface area contributed by atoms with Gasteiger partial charge in [0.05, 0.1) is 17.3 Å². The predicted molar refractivity (Wildman–Crippen MR) is 93.2 cm³/mol. The van der Waals surface area contributed by atoms with E-state index in [2.05, 4.69) is 31.0 Å². The second-order valence-electron chi connectivity index (χ2n) is 5.60. The van der Waals surface area contributed by atoms with Crippen molar-refractivity contribution >= 4 is 21.9 Å². The van der Waals surface area contributed by atoms with Crippen molar-refractivity contribution in [2.45, 2.75) is 12.8 Å². The van der Waals surface area contributed by atoms with Gasteiger partial charge in [0.25, 0.3) is 0 Å². The Morgan fingerprint density at radius 2 is 2.20 bits per heavy atom. The van der Waals surface area contributed by atoms with Crippen LogP contribution in [0.15, 0.2) is 35.2 Å². The van der Waals surface area contributed by atoms with E-state index < -0.39 is 5.97 Å². The third kappa shape index (κ3) is 2.49. The number of aromatic nitrogens is 4. The summed E-state index contributed by atoms with van der Waals surface area (Å²) >= 11 is 3.51. The van der Waals surface area contributed by atoms with E-state index >= 15 is 0 Å². The van der Waals surface area contributed by atoms with Crippen LogP contribution in [-0.4, -0.2) is 37.9 Å². The van der Waals surface area contributed by atoms with Crippen LogP contribution in [0.1, 0.15) is 21.6 Å². The number of fused-ring (bicyclic) bond motifs is 3. The van der Waals surface area contributed by atoms with Crippen molar-refractivity contribution in [2.75, 3.05) is 7.11 Å². The number of hydrogen-bond donors (Lipinski definition) is 1. The molecule has 8 heteroatoms. The summed E-state index contributed by atoms with van der Waals surface area (Å²) in [6.07, 6.45) is 4.34. The van der Waals surface area contributed by atoms with Gasteiger partial charge in [0.2, 0.25) is 0 Å². The predicted octanol–water partition coefficient (Wildman–Crippen LogP) is 2.90. The summed E-state index contributed by atoms with van der Waals surface area (Å²) in [6.45, 7) is 0. The number of carbonyl (C=O) groups is 1. The molecular weight excluding hydrogens is 388 g/mol. The van der Waals surface area contributed by atoms with Crippen molar-refractivity contribution < 1.29 is 14.6 Å². The molecule has 2 heterocycles. The van der Waals surface area contributed by atoms with E-state index in [4.69, 9.17) is 4.74 Å². The van der Waals surface area contributed by atoms with Crippen molar-refractivity contribution in [2.24, 2.45) is 0 Å². The van der Waals surface area contributed by atoms with E-state index in [1.165, 1.54) is 6.33 Å². The first kappa shape index (κ1) is 15.8. The first-order valence-electron chi connectivity index (χ1n) is 7.58. The molecule has 1 aliphatic carbocycles. The highest BCUT2D eigenvalue weighted by molar-refractivity contribution is 9.10. The highest BCUT2D eigenvalue weighted by Crippen LogP contribution is 2.41. The van der Waals surface area contributed by atoms with Gasteiger partial charge in [-0.1, -0.05) is 0 Å². The number of hydrogen-bond acceptors (Lipinski definition) is 5. The van der Waals surface area contributed by atoms with Gasteiger partial charge in [0.15, 0.2) is 11.5 Å². The minimum Gasteiger partial charge on any atom is -0.496 e. The Bertz CT molecular complexity index is 985. The van der Waals surface area contributed by atoms with Crippen LogP contribution in [0.4, 0.5) is 0 Å². The summed E-state index contributed by atoms with van der Waals surface area (Å²) in [5, 5.41) is 13.9. The van der Waals surface area contributed by atoms with E-state index in [1.54, 1.807) is 24.1 Å². The van der Waals surface area contributed by atoms with E-state index in [0.717, 1.165) is 39.0 Å². The van der Waals surface area contributed by atoms with Gasteiger partial charge in [-0.3, -0.25) is 0 Å². The molecule has 1 aromatic carbocycles. The molecule has 0 atom stereocenters. The fraction of sp³-hybridized carbons (Fsp3) is 0.176. The zero-order valence-electron chi connectivity index (χ0n) is 13.2. The molecule has 7 nitrogen and oxygen atoms in total. The maximum absolute atomic E-state index is 11.7. The van der Waals surface area contributed by atoms with Crippen molar-refractivity contribution in [3.05, 3.63) is 52.0 Å². The first-order chi connectivity index (χ1) is 12.1. The Kier molecular flexibility index (Phi) is 3.76. The minimum atomic E-state index is -1.04. The molecular formula is C17H13BrN4O3. The summed E-state index contributed by atoms with van der Waals surface area (Å²) in [4.78, 5) is 19.8. The third-order valence-corrected chi connectivity index (χ3v) is 4.87. The van der Waals surface area contributed by atoms with Gasteiger partial charge >= 0.3 is 5.97 Å². The van der Waals surface area contributed by atoms with Gasteiger partial charge < -0.3 is 9.84 Å².